The molecule has 0 aromatic rings. The zero-order valence-electron chi connectivity index (χ0n) is 10.1. The molecule has 2 saturated heterocycles. The Bertz CT molecular complexity index is 259. The van der Waals surface area contributed by atoms with Crippen LogP contribution in [0.25, 0.3) is 0 Å². The molecular formula is C11H20N4O2. The van der Waals surface area contributed by atoms with Crippen molar-refractivity contribution in [2.45, 2.75) is 6.42 Å². The highest BCUT2D eigenvalue weighted by atomic mass is 16.2. The molecule has 0 aliphatic carbocycles. The predicted octanol–water partition coefficient (Wildman–Crippen LogP) is -1.76. The molecule has 0 unspecified atom stereocenters. The van der Waals surface area contributed by atoms with Gasteiger partial charge in [-0.05, 0) is 6.42 Å². The van der Waals surface area contributed by atoms with E-state index in [2.05, 4.69) is 20.4 Å². The number of nitrogens with one attached hydrogen (secondary N) is 2. The molecule has 0 radical (unpaired) electrons. The highest BCUT2D eigenvalue weighted by molar-refractivity contribution is 5.78. The normalized spacial score (nSPS) is 18.8. The van der Waals surface area contributed by atoms with E-state index in [0.717, 1.165) is 32.6 Å². The summed E-state index contributed by atoms with van der Waals surface area (Å²) in [5.41, 5.74) is 0. The number of rotatable bonds is 8. The second kappa shape index (κ2) is 5.97. The maximum absolute atomic E-state index is 11.3. The van der Waals surface area contributed by atoms with Crippen molar-refractivity contribution >= 4 is 11.8 Å². The first-order chi connectivity index (χ1) is 8.24. The lowest BCUT2D eigenvalue weighted by atomic mass is 10.4. The summed E-state index contributed by atoms with van der Waals surface area (Å²) in [5, 5.41) is 5.68. The van der Waals surface area contributed by atoms with Crippen molar-refractivity contribution in [1.29, 1.82) is 0 Å². The van der Waals surface area contributed by atoms with E-state index in [9.17, 15) is 9.59 Å². The summed E-state index contributed by atoms with van der Waals surface area (Å²) in [6, 6.07) is 0. The molecule has 2 aliphatic rings. The number of amides is 2. The highest BCUT2D eigenvalue weighted by Crippen LogP contribution is 2.01. The van der Waals surface area contributed by atoms with Crippen molar-refractivity contribution in [1.82, 2.24) is 20.4 Å². The molecule has 0 aromatic carbocycles. The van der Waals surface area contributed by atoms with Gasteiger partial charge in [0.25, 0.3) is 0 Å². The minimum Gasteiger partial charge on any atom is -0.355 e. The second-order valence-corrected chi connectivity index (χ2v) is 4.61. The summed E-state index contributed by atoms with van der Waals surface area (Å²) in [5.74, 6) is 0.163. The third-order valence-corrected chi connectivity index (χ3v) is 2.81. The molecule has 6 heteroatoms. The molecule has 0 spiro atoms. The van der Waals surface area contributed by atoms with Crippen LogP contribution in [0.3, 0.4) is 0 Å². The molecule has 6 nitrogen and oxygen atoms in total. The fourth-order valence-electron chi connectivity index (χ4n) is 1.52. The first kappa shape index (κ1) is 12.3. The molecule has 0 bridgehead atoms. The van der Waals surface area contributed by atoms with Crippen molar-refractivity contribution in [2.24, 2.45) is 0 Å². The summed E-state index contributed by atoms with van der Waals surface area (Å²) in [6.45, 7) is 6.47. The number of nitrogens with zero attached hydrogens (tertiary/aromatic N) is 2. The van der Waals surface area contributed by atoms with Crippen LogP contribution in [0.1, 0.15) is 6.42 Å². The maximum Gasteiger partial charge on any atom is 0.234 e. The van der Waals surface area contributed by atoms with Crippen LogP contribution in [0.5, 0.6) is 0 Å². The lowest BCUT2D eigenvalue weighted by Gasteiger charge is -2.07. The number of hydrogen-bond donors (Lipinski definition) is 2. The third-order valence-electron chi connectivity index (χ3n) is 2.81. The van der Waals surface area contributed by atoms with Crippen LogP contribution in [0.15, 0.2) is 0 Å². The van der Waals surface area contributed by atoms with Crippen LogP contribution >= 0.6 is 0 Å². The van der Waals surface area contributed by atoms with Crippen LogP contribution in [-0.4, -0.2) is 74.0 Å². The Morgan fingerprint density at radius 1 is 0.824 bits per heavy atom. The Hall–Kier alpha value is -1.14. The molecule has 17 heavy (non-hydrogen) atoms. The smallest absolute Gasteiger partial charge is 0.234 e. The molecular weight excluding hydrogens is 220 g/mol. The Kier molecular flexibility index (Phi) is 4.33. The fourth-order valence-corrected chi connectivity index (χ4v) is 1.52. The second-order valence-electron chi connectivity index (χ2n) is 4.61. The van der Waals surface area contributed by atoms with Crippen LogP contribution in [-0.2, 0) is 9.59 Å². The Morgan fingerprint density at radius 2 is 1.24 bits per heavy atom. The molecule has 0 aromatic heterocycles. The third kappa shape index (κ3) is 5.65. The van der Waals surface area contributed by atoms with Gasteiger partial charge in [0.1, 0.15) is 0 Å². The van der Waals surface area contributed by atoms with E-state index in [1.54, 1.807) is 0 Å². The summed E-state index contributed by atoms with van der Waals surface area (Å²) in [4.78, 5) is 26.7. The summed E-state index contributed by atoms with van der Waals surface area (Å²) >= 11 is 0. The van der Waals surface area contributed by atoms with E-state index >= 15 is 0 Å². The average molecular weight is 240 g/mol. The number of carbonyl (C=O) groups is 2. The predicted molar refractivity (Wildman–Crippen MR) is 63.5 cm³/mol. The van der Waals surface area contributed by atoms with Gasteiger partial charge in [-0.2, -0.15) is 0 Å². The van der Waals surface area contributed by atoms with Gasteiger partial charge < -0.3 is 10.6 Å². The lowest BCUT2D eigenvalue weighted by Crippen LogP contribution is -2.34. The van der Waals surface area contributed by atoms with E-state index in [-0.39, 0.29) is 11.8 Å². The molecule has 96 valence electrons. The van der Waals surface area contributed by atoms with Gasteiger partial charge in [0.2, 0.25) is 11.8 Å². The quantitative estimate of drug-likeness (QED) is 0.390. The summed E-state index contributed by atoms with van der Waals surface area (Å²) in [6.07, 6.45) is 0.789. The zero-order valence-corrected chi connectivity index (χ0v) is 10.1. The highest BCUT2D eigenvalue weighted by Gasteiger charge is 2.20. The summed E-state index contributed by atoms with van der Waals surface area (Å²) in [7, 11) is 0. The van der Waals surface area contributed by atoms with Crippen molar-refractivity contribution in [3.8, 4) is 0 Å². The molecule has 2 rings (SSSR count). The van der Waals surface area contributed by atoms with E-state index in [1.165, 1.54) is 0 Å². The first-order valence-electron chi connectivity index (χ1n) is 6.22. The van der Waals surface area contributed by atoms with Crippen molar-refractivity contribution in [3.05, 3.63) is 0 Å². The summed E-state index contributed by atoms with van der Waals surface area (Å²) < 4.78 is 0. The Labute approximate surface area is 101 Å². The molecule has 2 fully saturated rings. The van der Waals surface area contributed by atoms with E-state index < -0.39 is 0 Å². The van der Waals surface area contributed by atoms with Crippen molar-refractivity contribution in [2.75, 3.05) is 52.4 Å². The minimum absolute atomic E-state index is 0.0814. The van der Waals surface area contributed by atoms with Crippen LogP contribution in [0.2, 0.25) is 0 Å². The van der Waals surface area contributed by atoms with Crippen LogP contribution in [0, 0.1) is 0 Å². The zero-order chi connectivity index (χ0) is 12.1. The Morgan fingerprint density at radius 3 is 1.59 bits per heavy atom. The first-order valence-corrected chi connectivity index (χ1v) is 6.22. The van der Waals surface area contributed by atoms with Crippen LogP contribution in [0.4, 0.5) is 0 Å². The molecule has 2 N–H and O–H groups in total. The van der Waals surface area contributed by atoms with Crippen molar-refractivity contribution in [3.63, 3.8) is 0 Å². The van der Waals surface area contributed by atoms with E-state index in [0.29, 0.717) is 26.2 Å². The van der Waals surface area contributed by atoms with Gasteiger partial charge in [0, 0.05) is 39.3 Å². The maximum atomic E-state index is 11.3. The minimum atomic E-state index is 0.0814. The van der Waals surface area contributed by atoms with Gasteiger partial charge in [-0.25, -0.2) is 0 Å². The lowest BCUT2D eigenvalue weighted by molar-refractivity contribution is -0.121. The van der Waals surface area contributed by atoms with Gasteiger partial charge in [-0.1, -0.05) is 0 Å². The molecule has 0 saturated carbocycles. The molecule has 2 amide bonds. The Balaban J connectivity index is 1.39. The van der Waals surface area contributed by atoms with Gasteiger partial charge in [-0.3, -0.25) is 19.4 Å². The van der Waals surface area contributed by atoms with Crippen molar-refractivity contribution < 1.29 is 9.59 Å². The van der Waals surface area contributed by atoms with Crippen LogP contribution < -0.4 is 10.6 Å². The fraction of sp³-hybridized carbons (Fsp3) is 0.818. The van der Waals surface area contributed by atoms with Gasteiger partial charge in [0.15, 0.2) is 0 Å². The largest absolute Gasteiger partial charge is 0.355 e. The molecule has 2 heterocycles. The van der Waals surface area contributed by atoms with E-state index in [1.807, 2.05) is 0 Å². The standard InChI is InChI=1S/C11H20N4O2/c16-10(8-14-4-5-14)12-2-1-3-13-11(17)9-15-6-7-15/h1-9H2,(H,12,16)(H,13,17). The number of carbonyl (C=O) groups excluding carboxylic acids is 2. The number of hydrogen-bond acceptors (Lipinski definition) is 4. The monoisotopic (exact) mass is 240 g/mol. The molecule has 2 aliphatic heterocycles. The topological polar surface area (TPSA) is 64.2 Å². The average Bonchev–Trinajstić information content (AvgIpc) is 3.13. The van der Waals surface area contributed by atoms with Gasteiger partial charge in [0.05, 0.1) is 13.1 Å². The van der Waals surface area contributed by atoms with Gasteiger partial charge >= 0.3 is 0 Å². The van der Waals surface area contributed by atoms with E-state index in [4.69, 9.17) is 0 Å². The molecule has 0 atom stereocenters. The van der Waals surface area contributed by atoms with Gasteiger partial charge in [-0.15, -0.1) is 0 Å². The SMILES string of the molecule is O=C(CN1CC1)NCCCNC(=O)CN1CC1.